The van der Waals surface area contributed by atoms with E-state index in [2.05, 4.69) is 10.6 Å². The molecule has 0 radical (unpaired) electrons. The summed E-state index contributed by atoms with van der Waals surface area (Å²) >= 11 is 12.5. The quantitative estimate of drug-likeness (QED) is 0.658. The molecule has 1 aliphatic heterocycles. The van der Waals surface area contributed by atoms with Crippen LogP contribution >= 0.6 is 35.2 Å². The van der Waals surface area contributed by atoms with Crippen LogP contribution in [0, 0.1) is 0 Å². The lowest BCUT2D eigenvalue weighted by atomic mass is 10.2. The minimum absolute atomic E-state index is 0.201. The zero-order valence-electron chi connectivity index (χ0n) is 10.1. The first-order valence-electron chi connectivity index (χ1n) is 5.81. The molecule has 2 N–H and O–H groups in total. The zero-order chi connectivity index (χ0) is 14.1. The number of amides is 1. The molecule has 0 saturated carbocycles. The highest BCUT2D eigenvalue weighted by molar-refractivity contribution is 7.80. The van der Waals surface area contributed by atoms with Crippen molar-refractivity contribution in [3.63, 3.8) is 0 Å². The Morgan fingerprint density at radius 2 is 2.05 bits per heavy atom. The molecule has 1 amide bonds. The van der Waals surface area contributed by atoms with Crippen molar-refractivity contribution in [2.75, 3.05) is 0 Å². The van der Waals surface area contributed by atoms with E-state index in [0.29, 0.717) is 15.8 Å². The fourth-order valence-electron chi connectivity index (χ4n) is 1.85. The summed E-state index contributed by atoms with van der Waals surface area (Å²) in [4.78, 5) is 13.6. The average molecular weight is 321 g/mol. The molecule has 3 nitrogen and oxygen atoms in total. The van der Waals surface area contributed by atoms with E-state index < -0.39 is 0 Å². The third kappa shape index (κ3) is 2.75. The maximum Gasteiger partial charge on any atom is 0.273 e. The Balaban J connectivity index is 1.89. The van der Waals surface area contributed by atoms with Crippen molar-refractivity contribution in [2.24, 2.45) is 0 Å². The van der Waals surface area contributed by atoms with Gasteiger partial charge in [0.05, 0.1) is 0 Å². The van der Waals surface area contributed by atoms with E-state index in [4.69, 9.17) is 23.8 Å². The Kier molecular flexibility index (Phi) is 3.56. The van der Waals surface area contributed by atoms with Gasteiger partial charge in [-0.3, -0.25) is 10.1 Å². The van der Waals surface area contributed by atoms with Gasteiger partial charge >= 0.3 is 0 Å². The number of thiophene rings is 1. The van der Waals surface area contributed by atoms with Crippen molar-refractivity contribution < 1.29 is 4.79 Å². The molecule has 1 fully saturated rings. The van der Waals surface area contributed by atoms with Crippen LogP contribution in [0.1, 0.15) is 4.88 Å². The molecule has 2 heterocycles. The highest BCUT2D eigenvalue weighted by atomic mass is 35.5. The summed E-state index contributed by atoms with van der Waals surface area (Å²) in [5, 5.41) is 6.41. The van der Waals surface area contributed by atoms with Crippen LogP contribution in [0.15, 0.2) is 42.1 Å². The molecule has 0 bridgehead atoms. The van der Waals surface area contributed by atoms with Crippen LogP contribution in [0.3, 0.4) is 0 Å². The Morgan fingerprint density at radius 1 is 1.20 bits per heavy atom. The summed E-state index contributed by atoms with van der Waals surface area (Å²) in [6, 6.07) is 11.7. The molecule has 0 spiro atoms. The molecule has 1 aromatic carbocycles. The molecule has 2 aromatic rings. The minimum Gasteiger partial charge on any atom is -0.328 e. The van der Waals surface area contributed by atoms with Gasteiger partial charge in [0, 0.05) is 14.8 Å². The van der Waals surface area contributed by atoms with Crippen LogP contribution in [-0.2, 0) is 4.79 Å². The lowest BCUT2D eigenvalue weighted by molar-refractivity contribution is -0.115. The summed E-state index contributed by atoms with van der Waals surface area (Å²) in [7, 11) is 0. The molecular weight excluding hydrogens is 312 g/mol. The lowest BCUT2D eigenvalue weighted by Gasteiger charge is -1.97. The van der Waals surface area contributed by atoms with Gasteiger partial charge in [-0.25, -0.2) is 0 Å². The van der Waals surface area contributed by atoms with Gasteiger partial charge in [-0.05, 0) is 48.1 Å². The van der Waals surface area contributed by atoms with Crippen LogP contribution in [0.5, 0.6) is 0 Å². The summed E-state index contributed by atoms with van der Waals surface area (Å²) in [6.45, 7) is 0. The standard InChI is InChI=1S/C14H9ClN2OS2/c15-9-3-1-2-8(6-9)12-5-4-10(20-12)7-11-13(18)17-14(19)16-11/h1-7H,(H2,16,17,18,19)/b11-7+. The van der Waals surface area contributed by atoms with Crippen LogP contribution < -0.4 is 10.6 Å². The Bertz CT molecular complexity index is 736. The van der Waals surface area contributed by atoms with Crippen LogP contribution in [-0.4, -0.2) is 11.0 Å². The van der Waals surface area contributed by atoms with Crippen molar-refractivity contribution in [1.29, 1.82) is 0 Å². The Hall–Kier alpha value is -1.69. The number of nitrogens with one attached hydrogen (secondary N) is 2. The Morgan fingerprint density at radius 3 is 2.75 bits per heavy atom. The number of thiocarbonyl (C=S) groups is 1. The molecular formula is C14H9ClN2OS2. The third-order valence-electron chi connectivity index (χ3n) is 2.74. The van der Waals surface area contributed by atoms with Crippen molar-refractivity contribution >= 4 is 52.3 Å². The molecule has 1 aromatic heterocycles. The number of halogens is 1. The number of hydrogen-bond acceptors (Lipinski definition) is 3. The number of carbonyl (C=O) groups is 1. The van der Waals surface area contributed by atoms with Crippen LogP contribution in [0.4, 0.5) is 0 Å². The predicted octanol–water partition coefficient (Wildman–Crippen LogP) is 3.41. The van der Waals surface area contributed by atoms with Gasteiger partial charge in [0.2, 0.25) is 0 Å². The van der Waals surface area contributed by atoms with E-state index in [9.17, 15) is 4.79 Å². The average Bonchev–Trinajstić information content (AvgIpc) is 2.97. The van der Waals surface area contributed by atoms with Gasteiger partial charge < -0.3 is 5.32 Å². The second kappa shape index (κ2) is 5.36. The number of rotatable bonds is 2. The van der Waals surface area contributed by atoms with Crippen molar-refractivity contribution in [1.82, 2.24) is 10.6 Å². The summed E-state index contributed by atoms with van der Waals surface area (Å²) in [5.41, 5.74) is 1.53. The molecule has 0 unspecified atom stereocenters. The first-order chi connectivity index (χ1) is 9.61. The zero-order valence-corrected chi connectivity index (χ0v) is 12.5. The normalized spacial score (nSPS) is 16.4. The Labute approximate surface area is 130 Å². The molecule has 20 heavy (non-hydrogen) atoms. The summed E-state index contributed by atoms with van der Waals surface area (Å²) in [6.07, 6.45) is 1.79. The molecule has 100 valence electrons. The predicted molar refractivity (Wildman–Crippen MR) is 86.6 cm³/mol. The molecule has 1 aliphatic rings. The molecule has 6 heteroatoms. The highest BCUT2D eigenvalue weighted by Gasteiger charge is 2.20. The van der Waals surface area contributed by atoms with Gasteiger partial charge in [0.15, 0.2) is 5.11 Å². The number of hydrogen-bond donors (Lipinski definition) is 2. The van der Waals surface area contributed by atoms with Crippen molar-refractivity contribution in [3.05, 3.63) is 52.0 Å². The van der Waals surface area contributed by atoms with Gasteiger partial charge in [-0.15, -0.1) is 11.3 Å². The highest BCUT2D eigenvalue weighted by Crippen LogP contribution is 2.30. The fourth-order valence-corrected chi connectivity index (χ4v) is 3.19. The van der Waals surface area contributed by atoms with E-state index in [1.807, 2.05) is 36.4 Å². The smallest absolute Gasteiger partial charge is 0.273 e. The lowest BCUT2D eigenvalue weighted by Crippen LogP contribution is -2.21. The van der Waals surface area contributed by atoms with Crippen LogP contribution in [0.25, 0.3) is 16.5 Å². The van der Waals surface area contributed by atoms with E-state index >= 15 is 0 Å². The van der Waals surface area contributed by atoms with Gasteiger partial charge in [0.1, 0.15) is 5.70 Å². The van der Waals surface area contributed by atoms with Crippen molar-refractivity contribution in [2.45, 2.75) is 0 Å². The van der Waals surface area contributed by atoms with Gasteiger partial charge in [-0.1, -0.05) is 23.7 Å². The SMILES string of the molecule is O=C1NC(=S)N/C1=C/c1ccc(-c2cccc(Cl)c2)s1. The van der Waals surface area contributed by atoms with E-state index in [1.165, 1.54) is 0 Å². The number of carbonyl (C=O) groups excluding carboxylic acids is 1. The van der Waals surface area contributed by atoms with E-state index in [-0.39, 0.29) is 5.91 Å². The fraction of sp³-hybridized carbons (Fsp3) is 0. The maximum atomic E-state index is 11.6. The topological polar surface area (TPSA) is 41.1 Å². The number of benzene rings is 1. The maximum absolute atomic E-state index is 11.6. The van der Waals surface area contributed by atoms with Gasteiger partial charge in [-0.2, -0.15) is 0 Å². The summed E-state index contributed by atoms with van der Waals surface area (Å²) < 4.78 is 0. The summed E-state index contributed by atoms with van der Waals surface area (Å²) in [5.74, 6) is -0.201. The second-order valence-corrected chi connectivity index (χ2v) is 6.14. The largest absolute Gasteiger partial charge is 0.328 e. The first-order valence-corrected chi connectivity index (χ1v) is 7.42. The van der Waals surface area contributed by atoms with E-state index in [0.717, 1.165) is 15.3 Å². The molecule has 1 saturated heterocycles. The van der Waals surface area contributed by atoms with Crippen LogP contribution in [0.2, 0.25) is 5.02 Å². The third-order valence-corrected chi connectivity index (χ3v) is 4.26. The van der Waals surface area contributed by atoms with Gasteiger partial charge in [0.25, 0.3) is 5.91 Å². The molecule has 0 aliphatic carbocycles. The first kappa shape index (κ1) is 13.3. The molecule has 3 rings (SSSR count). The van der Waals surface area contributed by atoms with Crippen molar-refractivity contribution in [3.8, 4) is 10.4 Å². The second-order valence-electron chi connectivity index (χ2n) is 4.18. The van der Waals surface area contributed by atoms with E-state index in [1.54, 1.807) is 17.4 Å². The minimum atomic E-state index is -0.201. The monoisotopic (exact) mass is 320 g/mol. The molecule has 0 atom stereocenters.